The Balaban J connectivity index is 1.80. The second-order valence-electron chi connectivity index (χ2n) is 5.28. The summed E-state index contributed by atoms with van der Waals surface area (Å²) in [6.07, 6.45) is 3.83. The van der Waals surface area contributed by atoms with Crippen molar-refractivity contribution in [2.45, 2.75) is 25.3 Å². The first-order valence-electron chi connectivity index (χ1n) is 6.75. The predicted molar refractivity (Wildman–Crippen MR) is 74.5 cm³/mol. The Bertz CT molecular complexity index is 433. The quantitative estimate of drug-likeness (QED) is 0.772. The lowest BCUT2D eigenvalue weighted by Gasteiger charge is -2.26. The molecule has 2 aliphatic rings. The third-order valence-corrected chi connectivity index (χ3v) is 4.07. The minimum atomic E-state index is 0.444. The number of hydrogen-bond acceptors (Lipinski definition) is 5. The van der Waals surface area contributed by atoms with Crippen molar-refractivity contribution in [1.29, 1.82) is 0 Å². The van der Waals surface area contributed by atoms with Crippen molar-refractivity contribution in [3.8, 4) is 0 Å². The molecule has 98 valence electrons. The molecule has 0 amide bonds. The molecule has 1 unspecified atom stereocenters. The van der Waals surface area contributed by atoms with Crippen LogP contribution >= 0.6 is 0 Å². The maximum absolute atomic E-state index is 5.80. The molecule has 0 aliphatic carbocycles. The zero-order valence-electron chi connectivity index (χ0n) is 10.7. The number of aromatic nitrogens is 1. The highest BCUT2D eigenvalue weighted by Crippen LogP contribution is 2.25. The average Bonchev–Trinajstić information content (AvgIpc) is 2.70. The van der Waals surface area contributed by atoms with Gasteiger partial charge in [0.25, 0.3) is 0 Å². The van der Waals surface area contributed by atoms with Gasteiger partial charge in [0.2, 0.25) is 0 Å². The minimum absolute atomic E-state index is 0.444. The summed E-state index contributed by atoms with van der Waals surface area (Å²) in [7, 11) is 0. The zero-order valence-corrected chi connectivity index (χ0v) is 10.7. The van der Waals surface area contributed by atoms with Gasteiger partial charge in [-0.3, -0.25) is 4.90 Å². The molecule has 0 aromatic carbocycles. The SMILES string of the molecule is Nc1ccc(N2CCCN3CCCC3C2)nc1N. The second kappa shape index (κ2) is 4.65. The molecule has 2 saturated heterocycles. The van der Waals surface area contributed by atoms with Crippen molar-refractivity contribution in [2.75, 3.05) is 42.5 Å². The highest BCUT2D eigenvalue weighted by atomic mass is 15.3. The summed E-state index contributed by atoms with van der Waals surface area (Å²) < 4.78 is 0. The zero-order chi connectivity index (χ0) is 12.5. The van der Waals surface area contributed by atoms with Gasteiger partial charge in [0, 0.05) is 25.7 Å². The Morgan fingerprint density at radius 1 is 1.11 bits per heavy atom. The Kier molecular flexibility index (Phi) is 2.99. The molecule has 4 N–H and O–H groups in total. The standard InChI is InChI=1S/C13H21N5/c14-11-4-5-12(16-13(11)15)18-8-2-7-17-6-1-3-10(17)9-18/h4-5,10H,1-3,6-9,14H2,(H2,15,16). The summed E-state index contributed by atoms with van der Waals surface area (Å²) in [6, 6.07) is 4.53. The third kappa shape index (κ3) is 2.10. The van der Waals surface area contributed by atoms with Crippen molar-refractivity contribution in [3.05, 3.63) is 12.1 Å². The van der Waals surface area contributed by atoms with E-state index in [-0.39, 0.29) is 0 Å². The van der Waals surface area contributed by atoms with E-state index in [0.29, 0.717) is 17.5 Å². The van der Waals surface area contributed by atoms with E-state index < -0.39 is 0 Å². The summed E-state index contributed by atoms with van der Waals surface area (Å²) in [6.45, 7) is 4.60. The lowest BCUT2D eigenvalue weighted by Crippen LogP contribution is -2.37. The van der Waals surface area contributed by atoms with Gasteiger partial charge in [-0.05, 0) is 37.9 Å². The maximum atomic E-state index is 5.80. The number of hydrogen-bond donors (Lipinski definition) is 2. The van der Waals surface area contributed by atoms with Crippen molar-refractivity contribution in [3.63, 3.8) is 0 Å². The van der Waals surface area contributed by atoms with E-state index in [2.05, 4.69) is 14.8 Å². The van der Waals surface area contributed by atoms with Crippen LogP contribution in [0.2, 0.25) is 0 Å². The van der Waals surface area contributed by atoms with E-state index >= 15 is 0 Å². The average molecular weight is 247 g/mol. The van der Waals surface area contributed by atoms with Gasteiger partial charge in [0.05, 0.1) is 5.69 Å². The van der Waals surface area contributed by atoms with Crippen LogP contribution in [0.25, 0.3) is 0 Å². The van der Waals surface area contributed by atoms with Gasteiger partial charge in [-0.25, -0.2) is 4.98 Å². The van der Waals surface area contributed by atoms with Crippen LogP contribution in [0, 0.1) is 0 Å². The Morgan fingerprint density at radius 2 is 1.94 bits per heavy atom. The van der Waals surface area contributed by atoms with Gasteiger partial charge in [0.15, 0.2) is 0 Å². The highest BCUT2D eigenvalue weighted by Gasteiger charge is 2.29. The van der Waals surface area contributed by atoms with Crippen LogP contribution in [0.1, 0.15) is 19.3 Å². The normalized spacial score (nSPS) is 24.9. The summed E-state index contributed by atoms with van der Waals surface area (Å²) in [5.41, 5.74) is 12.1. The predicted octanol–water partition coefficient (Wildman–Crippen LogP) is 0.920. The Hall–Kier alpha value is -1.49. The van der Waals surface area contributed by atoms with Gasteiger partial charge < -0.3 is 16.4 Å². The number of nitrogen functional groups attached to an aromatic ring is 2. The molecule has 0 spiro atoms. The molecule has 18 heavy (non-hydrogen) atoms. The molecule has 1 aromatic heterocycles. The smallest absolute Gasteiger partial charge is 0.149 e. The fourth-order valence-electron chi connectivity index (χ4n) is 3.07. The molecule has 2 aliphatic heterocycles. The minimum Gasteiger partial charge on any atom is -0.396 e. The number of anilines is 3. The summed E-state index contributed by atoms with van der Waals surface area (Å²) in [5.74, 6) is 1.41. The van der Waals surface area contributed by atoms with Gasteiger partial charge in [-0.15, -0.1) is 0 Å². The molecule has 3 rings (SSSR count). The number of pyridine rings is 1. The van der Waals surface area contributed by atoms with E-state index in [1.54, 1.807) is 0 Å². The van der Waals surface area contributed by atoms with Crippen LogP contribution in [0.3, 0.4) is 0 Å². The summed E-state index contributed by atoms with van der Waals surface area (Å²) in [4.78, 5) is 9.38. The first-order chi connectivity index (χ1) is 8.74. The molecular formula is C13H21N5. The first-order valence-corrected chi connectivity index (χ1v) is 6.75. The third-order valence-electron chi connectivity index (χ3n) is 4.07. The van der Waals surface area contributed by atoms with Gasteiger partial charge in [-0.2, -0.15) is 0 Å². The highest BCUT2D eigenvalue weighted by molar-refractivity contribution is 5.62. The number of fused-ring (bicyclic) bond motifs is 1. The molecular weight excluding hydrogens is 226 g/mol. The van der Waals surface area contributed by atoms with Crippen LogP contribution in [0.5, 0.6) is 0 Å². The first kappa shape index (κ1) is 11.6. The number of nitrogens with zero attached hydrogens (tertiary/aromatic N) is 3. The van der Waals surface area contributed by atoms with Crippen LogP contribution in [0.4, 0.5) is 17.3 Å². The van der Waals surface area contributed by atoms with Crippen LogP contribution < -0.4 is 16.4 Å². The summed E-state index contributed by atoms with van der Waals surface area (Å²) >= 11 is 0. The molecule has 1 aromatic rings. The fourth-order valence-corrected chi connectivity index (χ4v) is 3.07. The van der Waals surface area contributed by atoms with E-state index in [4.69, 9.17) is 11.5 Å². The van der Waals surface area contributed by atoms with E-state index in [0.717, 1.165) is 18.9 Å². The number of rotatable bonds is 1. The lowest BCUT2D eigenvalue weighted by molar-refractivity contribution is 0.273. The lowest BCUT2D eigenvalue weighted by atomic mass is 10.2. The molecule has 5 nitrogen and oxygen atoms in total. The van der Waals surface area contributed by atoms with Gasteiger partial charge in [0.1, 0.15) is 11.6 Å². The largest absolute Gasteiger partial charge is 0.396 e. The van der Waals surface area contributed by atoms with Crippen LogP contribution in [-0.2, 0) is 0 Å². The molecule has 5 heteroatoms. The van der Waals surface area contributed by atoms with E-state index in [1.165, 1.54) is 32.4 Å². The van der Waals surface area contributed by atoms with Crippen molar-refractivity contribution in [1.82, 2.24) is 9.88 Å². The van der Waals surface area contributed by atoms with E-state index in [9.17, 15) is 0 Å². The molecule has 1 atom stereocenters. The van der Waals surface area contributed by atoms with Gasteiger partial charge >= 0.3 is 0 Å². The van der Waals surface area contributed by atoms with E-state index in [1.807, 2.05) is 12.1 Å². The molecule has 0 bridgehead atoms. The molecule has 2 fully saturated rings. The van der Waals surface area contributed by atoms with Crippen LogP contribution in [-0.4, -0.2) is 42.1 Å². The summed E-state index contributed by atoms with van der Waals surface area (Å²) in [5, 5.41) is 0. The molecule has 0 radical (unpaired) electrons. The van der Waals surface area contributed by atoms with Crippen molar-refractivity contribution >= 4 is 17.3 Å². The second-order valence-corrected chi connectivity index (χ2v) is 5.28. The fraction of sp³-hybridized carbons (Fsp3) is 0.615. The molecule has 3 heterocycles. The maximum Gasteiger partial charge on any atom is 0.149 e. The topological polar surface area (TPSA) is 71.4 Å². The van der Waals surface area contributed by atoms with Gasteiger partial charge in [-0.1, -0.05) is 0 Å². The molecule has 0 saturated carbocycles. The van der Waals surface area contributed by atoms with Crippen molar-refractivity contribution in [2.24, 2.45) is 0 Å². The monoisotopic (exact) mass is 247 g/mol. The van der Waals surface area contributed by atoms with Crippen molar-refractivity contribution < 1.29 is 0 Å². The Labute approximate surface area is 108 Å². The number of nitrogens with two attached hydrogens (primary N) is 2. The Morgan fingerprint density at radius 3 is 2.78 bits per heavy atom. The van der Waals surface area contributed by atoms with Crippen LogP contribution in [0.15, 0.2) is 12.1 Å².